The second-order valence-corrected chi connectivity index (χ2v) is 5.66. The topological polar surface area (TPSA) is 50.8 Å². The van der Waals surface area contributed by atoms with Crippen LogP contribution in [0, 0.1) is 0 Å². The van der Waals surface area contributed by atoms with E-state index in [1.54, 1.807) is 24.3 Å². The number of hydrogen-bond acceptors (Lipinski definition) is 3. The summed E-state index contributed by atoms with van der Waals surface area (Å²) in [5.41, 5.74) is 5.32. The van der Waals surface area contributed by atoms with E-state index in [0.29, 0.717) is 11.3 Å². The summed E-state index contributed by atoms with van der Waals surface area (Å²) in [5, 5.41) is 4.81. The summed E-state index contributed by atoms with van der Waals surface area (Å²) in [6, 6.07) is 9.69. The molecule has 0 aliphatic rings. The van der Waals surface area contributed by atoms with Gasteiger partial charge in [-0.25, -0.2) is 5.01 Å². The molecule has 0 saturated heterocycles. The van der Waals surface area contributed by atoms with Crippen LogP contribution >= 0.6 is 23.8 Å². The molecule has 0 radical (unpaired) electrons. The molecule has 2 N–H and O–H groups in total. The fourth-order valence-electron chi connectivity index (χ4n) is 1.90. The molecular weight excluding hydrogens is 375 g/mol. The van der Waals surface area contributed by atoms with Crippen molar-refractivity contribution in [3.05, 3.63) is 58.6 Å². The third kappa shape index (κ3) is 4.83. The van der Waals surface area contributed by atoms with Crippen molar-refractivity contribution in [2.45, 2.75) is 6.18 Å². The normalized spacial score (nSPS) is 11.6. The van der Waals surface area contributed by atoms with E-state index in [0.717, 1.165) is 23.2 Å². The zero-order valence-electron chi connectivity index (χ0n) is 12.9. The molecule has 0 heterocycles. The number of anilines is 1. The summed E-state index contributed by atoms with van der Waals surface area (Å²) in [7, 11) is 1.54. The first-order valence-electron chi connectivity index (χ1n) is 6.86. The number of hydrogen-bond donors (Lipinski definition) is 1. The largest absolute Gasteiger partial charge is 0.497 e. The van der Waals surface area contributed by atoms with Crippen LogP contribution in [0.2, 0.25) is 5.02 Å². The molecule has 0 fully saturated rings. The van der Waals surface area contributed by atoms with Gasteiger partial charge >= 0.3 is 6.18 Å². The molecular formula is C16H13ClF3N3OS. The van der Waals surface area contributed by atoms with Gasteiger partial charge in [0.15, 0.2) is 5.11 Å². The number of methoxy groups -OCH3 is 1. The Balaban J connectivity index is 2.37. The molecule has 25 heavy (non-hydrogen) atoms. The SMILES string of the molecule is COc1ccc(/C=N\N(C(N)=S)c2cc(C(F)(F)F)ccc2Cl)cc1. The average molecular weight is 388 g/mol. The van der Waals surface area contributed by atoms with E-state index < -0.39 is 11.7 Å². The van der Waals surface area contributed by atoms with Crippen molar-refractivity contribution in [2.24, 2.45) is 10.8 Å². The average Bonchev–Trinajstić information content (AvgIpc) is 2.55. The fourth-order valence-corrected chi connectivity index (χ4v) is 2.25. The number of thiocarbonyl (C=S) groups is 1. The number of rotatable bonds is 4. The van der Waals surface area contributed by atoms with Gasteiger partial charge in [-0.2, -0.15) is 18.3 Å². The Hall–Kier alpha value is -2.32. The Kier molecular flexibility index (Phi) is 5.86. The molecule has 9 heteroatoms. The van der Waals surface area contributed by atoms with E-state index in [1.807, 2.05) is 0 Å². The summed E-state index contributed by atoms with van der Waals surface area (Å²) in [6.45, 7) is 0. The maximum atomic E-state index is 12.9. The Labute approximate surface area is 152 Å². The molecule has 0 amide bonds. The van der Waals surface area contributed by atoms with Gasteiger partial charge in [-0.05, 0) is 60.2 Å². The lowest BCUT2D eigenvalue weighted by atomic mass is 10.2. The van der Waals surface area contributed by atoms with Gasteiger partial charge in [0.2, 0.25) is 0 Å². The minimum atomic E-state index is -4.53. The summed E-state index contributed by atoms with van der Waals surface area (Å²) >= 11 is 10.9. The summed E-state index contributed by atoms with van der Waals surface area (Å²) < 4.78 is 43.8. The standard InChI is InChI=1S/C16H13ClF3N3OS/c1-24-12-5-2-10(3-6-12)9-22-23(15(21)25)14-8-11(16(18,19)20)4-7-13(14)17/h2-9H,1H3,(H2,21,25)/b22-9-. The first kappa shape index (κ1) is 19.0. The summed E-state index contributed by atoms with van der Waals surface area (Å²) in [5.74, 6) is 0.657. The molecule has 0 aliphatic heterocycles. The van der Waals surface area contributed by atoms with Gasteiger partial charge in [0.25, 0.3) is 0 Å². The first-order valence-corrected chi connectivity index (χ1v) is 7.65. The quantitative estimate of drug-likeness (QED) is 0.478. The fraction of sp³-hybridized carbons (Fsp3) is 0.125. The Morgan fingerprint density at radius 2 is 1.88 bits per heavy atom. The monoisotopic (exact) mass is 387 g/mol. The van der Waals surface area contributed by atoms with E-state index in [2.05, 4.69) is 5.10 Å². The van der Waals surface area contributed by atoms with Gasteiger partial charge in [0, 0.05) is 0 Å². The van der Waals surface area contributed by atoms with Crippen LogP contribution < -0.4 is 15.5 Å². The van der Waals surface area contributed by atoms with Gasteiger partial charge in [-0.3, -0.25) is 0 Å². The first-order chi connectivity index (χ1) is 11.7. The van der Waals surface area contributed by atoms with Gasteiger partial charge in [0.05, 0.1) is 29.6 Å². The van der Waals surface area contributed by atoms with Crippen molar-refractivity contribution >= 4 is 40.8 Å². The molecule has 0 bridgehead atoms. The van der Waals surface area contributed by atoms with Crippen LogP contribution in [0.15, 0.2) is 47.6 Å². The molecule has 0 saturated carbocycles. The number of nitrogens with zero attached hydrogens (tertiary/aromatic N) is 2. The van der Waals surface area contributed by atoms with Crippen LogP contribution in [0.5, 0.6) is 5.75 Å². The molecule has 132 valence electrons. The van der Waals surface area contributed by atoms with Crippen molar-refractivity contribution in [1.29, 1.82) is 0 Å². The van der Waals surface area contributed by atoms with Gasteiger partial charge in [0.1, 0.15) is 5.75 Å². The third-order valence-electron chi connectivity index (χ3n) is 3.15. The number of benzene rings is 2. The van der Waals surface area contributed by atoms with Crippen molar-refractivity contribution in [3.8, 4) is 5.75 Å². The van der Waals surface area contributed by atoms with Crippen molar-refractivity contribution in [2.75, 3.05) is 12.1 Å². The molecule has 0 aromatic heterocycles. The summed E-state index contributed by atoms with van der Waals surface area (Å²) in [6.07, 6.45) is -3.13. The molecule has 0 atom stereocenters. The maximum absolute atomic E-state index is 12.9. The summed E-state index contributed by atoms with van der Waals surface area (Å²) in [4.78, 5) is 0. The zero-order valence-corrected chi connectivity index (χ0v) is 14.5. The molecule has 0 aliphatic carbocycles. The second-order valence-electron chi connectivity index (χ2n) is 4.83. The van der Waals surface area contributed by atoms with Crippen LogP contribution in [-0.4, -0.2) is 18.4 Å². The number of ether oxygens (including phenoxy) is 1. The molecule has 4 nitrogen and oxygen atoms in total. The molecule has 2 rings (SSSR count). The van der Waals surface area contributed by atoms with Crippen molar-refractivity contribution in [3.63, 3.8) is 0 Å². The lowest BCUT2D eigenvalue weighted by molar-refractivity contribution is -0.137. The number of alkyl halides is 3. The number of hydrazone groups is 1. The highest BCUT2D eigenvalue weighted by molar-refractivity contribution is 7.80. The highest BCUT2D eigenvalue weighted by atomic mass is 35.5. The van der Waals surface area contributed by atoms with E-state index >= 15 is 0 Å². The van der Waals surface area contributed by atoms with E-state index in [1.165, 1.54) is 13.3 Å². The Morgan fingerprint density at radius 3 is 2.40 bits per heavy atom. The van der Waals surface area contributed by atoms with Crippen LogP contribution in [-0.2, 0) is 6.18 Å². The molecule has 0 spiro atoms. The maximum Gasteiger partial charge on any atom is 0.416 e. The van der Waals surface area contributed by atoms with E-state index in [4.69, 9.17) is 34.3 Å². The highest BCUT2D eigenvalue weighted by Gasteiger charge is 2.31. The van der Waals surface area contributed by atoms with Crippen molar-refractivity contribution in [1.82, 2.24) is 0 Å². The lowest BCUT2D eigenvalue weighted by Gasteiger charge is -2.19. The smallest absolute Gasteiger partial charge is 0.416 e. The Morgan fingerprint density at radius 1 is 1.24 bits per heavy atom. The highest BCUT2D eigenvalue weighted by Crippen LogP contribution is 2.35. The molecule has 0 unspecified atom stereocenters. The predicted octanol–water partition coefficient (Wildman–Crippen LogP) is 4.45. The third-order valence-corrected chi connectivity index (χ3v) is 3.64. The lowest BCUT2D eigenvalue weighted by Crippen LogP contribution is -2.31. The van der Waals surface area contributed by atoms with Gasteiger partial charge in [-0.15, -0.1) is 0 Å². The second kappa shape index (κ2) is 7.71. The van der Waals surface area contributed by atoms with Crippen molar-refractivity contribution < 1.29 is 17.9 Å². The minimum Gasteiger partial charge on any atom is -0.497 e. The van der Waals surface area contributed by atoms with Crippen LogP contribution in [0.3, 0.4) is 0 Å². The van der Waals surface area contributed by atoms with Crippen LogP contribution in [0.1, 0.15) is 11.1 Å². The van der Waals surface area contributed by atoms with Gasteiger partial charge in [-0.1, -0.05) is 11.6 Å². The van der Waals surface area contributed by atoms with E-state index in [-0.39, 0.29) is 15.8 Å². The van der Waals surface area contributed by atoms with Crippen LogP contribution in [0.4, 0.5) is 18.9 Å². The minimum absolute atomic E-state index is 0.0349. The van der Waals surface area contributed by atoms with E-state index in [9.17, 15) is 13.2 Å². The van der Waals surface area contributed by atoms with Gasteiger partial charge < -0.3 is 10.5 Å². The number of halogens is 4. The molecule has 2 aromatic rings. The number of nitrogens with two attached hydrogens (primary N) is 1. The predicted molar refractivity (Wildman–Crippen MR) is 96.3 cm³/mol. The Bertz CT molecular complexity index is 794. The molecule has 2 aromatic carbocycles. The zero-order chi connectivity index (χ0) is 18.6. The van der Waals surface area contributed by atoms with Crippen LogP contribution in [0.25, 0.3) is 0 Å².